The van der Waals surface area contributed by atoms with Crippen molar-refractivity contribution in [2.45, 2.75) is 6.92 Å². The van der Waals surface area contributed by atoms with Gasteiger partial charge in [-0.05, 0) is 18.6 Å². The minimum Gasteiger partial charge on any atom is -0.222 e. The van der Waals surface area contributed by atoms with Gasteiger partial charge in [-0.3, -0.25) is 0 Å². The topological polar surface area (TPSA) is 17.3 Å². The quantitative estimate of drug-likeness (QED) is 0.530. The lowest BCUT2D eigenvalue weighted by Crippen LogP contribution is -1.79. The molecule has 2 heterocycles. The summed E-state index contributed by atoms with van der Waals surface area (Å²) in [5, 5.41) is 5.61. The van der Waals surface area contributed by atoms with Crippen LogP contribution in [0.2, 0.25) is 0 Å². The summed E-state index contributed by atoms with van der Waals surface area (Å²) in [7, 11) is 0. The molecule has 0 atom stereocenters. The summed E-state index contributed by atoms with van der Waals surface area (Å²) >= 11 is 1.69. The van der Waals surface area contributed by atoms with Gasteiger partial charge in [0.05, 0.1) is 5.52 Å². The van der Waals surface area contributed by atoms with Crippen molar-refractivity contribution in [2.75, 3.05) is 0 Å². The van der Waals surface area contributed by atoms with Crippen molar-refractivity contribution in [1.29, 1.82) is 0 Å². The first-order valence-corrected chi connectivity index (χ1v) is 5.05. The molecule has 0 fully saturated rings. The highest BCUT2D eigenvalue weighted by molar-refractivity contribution is 7.15. The Morgan fingerprint density at radius 2 is 2.15 bits per heavy atom. The lowest BCUT2D eigenvalue weighted by molar-refractivity contribution is 1.01. The zero-order valence-corrected chi connectivity index (χ0v) is 8.01. The number of hydrogen-bond donors (Lipinski definition) is 0. The highest BCUT2D eigenvalue weighted by Crippen LogP contribution is 2.27. The molecule has 0 amide bonds. The van der Waals surface area contributed by atoms with Crippen LogP contribution in [0.4, 0.5) is 0 Å². The highest BCUT2D eigenvalue weighted by Gasteiger charge is 2.08. The van der Waals surface area contributed by atoms with Crippen molar-refractivity contribution >= 4 is 27.1 Å². The number of rotatable bonds is 0. The molecule has 0 N–H and O–H groups in total. The maximum absolute atomic E-state index is 4.30. The highest BCUT2D eigenvalue weighted by atomic mass is 32.1. The Morgan fingerprint density at radius 1 is 1.31 bits per heavy atom. The molecule has 0 radical (unpaired) electrons. The average Bonchev–Trinajstić information content (AvgIpc) is 2.72. The molecule has 0 aliphatic rings. The molecule has 1 aromatic carbocycles. The third-order valence-corrected chi connectivity index (χ3v) is 3.28. The largest absolute Gasteiger partial charge is 0.222 e. The molecule has 2 aromatic heterocycles. The predicted octanol–water partition coefficient (Wildman–Crippen LogP) is 2.86. The molecular formula is C10H8N2S. The SMILES string of the molecule is Cc1c2ccccc2n2ncsc12. The van der Waals surface area contributed by atoms with Gasteiger partial charge < -0.3 is 0 Å². The first-order chi connectivity index (χ1) is 6.38. The van der Waals surface area contributed by atoms with Crippen LogP contribution in [0.25, 0.3) is 15.7 Å². The number of nitrogens with zero attached hydrogens (tertiary/aromatic N) is 2. The number of benzene rings is 1. The molecule has 64 valence electrons. The molecule has 0 spiro atoms. The van der Waals surface area contributed by atoms with Crippen molar-refractivity contribution in [1.82, 2.24) is 9.61 Å². The van der Waals surface area contributed by atoms with Crippen LogP contribution in [0.1, 0.15) is 5.56 Å². The maximum atomic E-state index is 4.30. The Morgan fingerprint density at radius 3 is 3.08 bits per heavy atom. The Kier molecular flexibility index (Phi) is 1.27. The van der Waals surface area contributed by atoms with Crippen LogP contribution in [0.15, 0.2) is 29.8 Å². The molecule has 3 aromatic rings. The van der Waals surface area contributed by atoms with E-state index < -0.39 is 0 Å². The van der Waals surface area contributed by atoms with Crippen LogP contribution < -0.4 is 0 Å². The molecule has 3 rings (SSSR count). The van der Waals surface area contributed by atoms with E-state index in [-0.39, 0.29) is 0 Å². The number of hydrogen-bond acceptors (Lipinski definition) is 2. The summed E-state index contributed by atoms with van der Waals surface area (Å²) in [4.78, 5) is 1.25. The Hall–Kier alpha value is -1.35. The van der Waals surface area contributed by atoms with Gasteiger partial charge in [0.15, 0.2) is 0 Å². The Labute approximate surface area is 79.4 Å². The molecule has 13 heavy (non-hydrogen) atoms. The lowest BCUT2D eigenvalue weighted by atomic mass is 10.2. The molecule has 0 saturated carbocycles. The normalized spacial score (nSPS) is 11.5. The van der Waals surface area contributed by atoms with E-state index in [0.717, 1.165) is 0 Å². The second-order valence-electron chi connectivity index (χ2n) is 3.10. The van der Waals surface area contributed by atoms with Crippen molar-refractivity contribution < 1.29 is 0 Å². The Balaban J connectivity index is 2.72. The van der Waals surface area contributed by atoms with Crippen molar-refractivity contribution in [2.24, 2.45) is 0 Å². The summed E-state index contributed by atoms with van der Waals surface area (Å²) < 4.78 is 2.01. The summed E-state index contributed by atoms with van der Waals surface area (Å²) in [5.74, 6) is 0. The predicted molar refractivity (Wildman–Crippen MR) is 55.3 cm³/mol. The lowest BCUT2D eigenvalue weighted by Gasteiger charge is -1.88. The van der Waals surface area contributed by atoms with Gasteiger partial charge in [0.25, 0.3) is 0 Å². The van der Waals surface area contributed by atoms with Crippen LogP contribution in [0.3, 0.4) is 0 Å². The van der Waals surface area contributed by atoms with E-state index in [1.165, 1.54) is 21.3 Å². The standard InChI is InChI=1S/C10H8N2S/c1-7-8-4-2-3-5-9(8)12-10(7)13-6-11-12/h2-6H,1H3. The third-order valence-electron chi connectivity index (χ3n) is 2.38. The van der Waals surface area contributed by atoms with E-state index in [0.29, 0.717) is 0 Å². The zero-order valence-electron chi connectivity index (χ0n) is 7.19. The summed E-state index contributed by atoms with van der Waals surface area (Å²) in [6.45, 7) is 2.15. The number of aromatic nitrogens is 2. The zero-order chi connectivity index (χ0) is 8.84. The van der Waals surface area contributed by atoms with Gasteiger partial charge in [0, 0.05) is 5.39 Å². The molecular weight excluding hydrogens is 180 g/mol. The van der Waals surface area contributed by atoms with Gasteiger partial charge in [-0.25, -0.2) is 4.52 Å². The van der Waals surface area contributed by atoms with E-state index in [9.17, 15) is 0 Å². The first-order valence-electron chi connectivity index (χ1n) is 4.17. The van der Waals surface area contributed by atoms with Crippen molar-refractivity contribution in [3.05, 3.63) is 35.3 Å². The smallest absolute Gasteiger partial charge is 0.123 e. The van der Waals surface area contributed by atoms with Crippen LogP contribution >= 0.6 is 11.3 Å². The van der Waals surface area contributed by atoms with E-state index in [2.05, 4.69) is 30.2 Å². The fourth-order valence-corrected chi connectivity index (χ4v) is 2.51. The van der Waals surface area contributed by atoms with Crippen molar-refractivity contribution in [3.8, 4) is 0 Å². The first kappa shape index (κ1) is 7.09. The molecule has 2 nitrogen and oxygen atoms in total. The van der Waals surface area contributed by atoms with Crippen LogP contribution in [-0.2, 0) is 0 Å². The fraction of sp³-hybridized carbons (Fsp3) is 0.100. The summed E-state index contributed by atoms with van der Waals surface area (Å²) in [6.07, 6.45) is 0. The minimum atomic E-state index is 1.20. The van der Waals surface area contributed by atoms with Crippen molar-refractivity contribution in [3.63, 3.8) is 0 Å². The second kappa shape index (κ2) is 2.33. The molecule has 0 bridgehead atoms. The molecule has 0 aliphatic heterocycles. The van der Waals surface area contributed by atoms with E-state index in [1.54, 1.807) is 11.3 Å². The van der Waals surface area contributed by atoms with Gasteiger partial charge in [-0.1, -0.05) is 18.2 Å². The fourth-order valence-electron chi connectivity index (χ4n) is 1.73. The minimum absolute atomic E-state index is 1.20. The molecule has 0 aliphatic carbocycles. The van der Waals surface area contributed by atoms with Gasteiger partial charge in [0.1, 0.15) is 10.3 Å². The molecule has 3 heteroatoms. The van der Waals surface area contributed by atoms with E-state index in [1.807, 2.05) is 16.1 Å². The number of fused-ring (bicyclic) bond motifs is 3. The van der Waals surface area contributed by atoms with E-state index in [4.69, 9.17) is 0 Å². The number of aryl methyl sites for hydroxylation is 1. The van der Waals surface area contributed by atoms with Gasteiger partial charge >= 0.3 is 0 Å². The molecule has 0 unspecified atom stereocenters. The van der Waals surface area contributed by atoms with Gasteiger partial charge in [-0.15, -0.1) is 11.3 Å². The average molecular weight is 188 g/mol. The van der Waals surface area contributed by atoms with Gasteiger partial charge in [-0.2, -0.15) is 5.10 Å². The Bertz CT molecular complexity index is 577. The summed E-state index contributed by atoms with van der Waals surface area (Å²) in [6, 6.07) is 8.37. The summed E-state index contributed by atoms with van der Waals surface area (Å²) in [5.41, 5.74) is 4.42. The second-order valence-corrected chi connectivity index (χ2v) is 3.93. The van der Waals surface area contributed by atoms with E-state index >= 15 is 0 Å². The monoisotopic (exact) mass is 188 g/mol. The van der Waals surface area contributed by atoms with Crippen LogP contribution in [-0.4, -0.2) is 9.61 Å². The molecule has 0 saturated heterocycles. The van der Waals surface area contributed by atoms with Crippen LogP contribution in [0, 0.1) is 6.92 Å². The maximum Gasteiger partial charge on any atom is 0.123 e. The van der Waals surface area contributed by atoms with Crippen LogP contribution in [0.5, 0.6) is 0 Å². The third kappa shape index (κ3) is 0.795. The van der Waals surface area contributed by atoms with Gasteiger partial charge in [0.2, 0.25) is 0 Å². The number of para-hydroxylation sites is 1.